The molecule has 6 aromatic rings. The predicted molar refractivity (Wildman–Crippen MR) is 475 cm³/mol. The molecule has 12 N–H and O–H groups in total. The van der Waals surface area contributed by atoms with Crippen molar-refractivity contribution in [3.63, 3.8) is 0 Å². The van der Waals surface area contributed by atoms with Crippen molar-refractivity contribution in [2.45, 2.75) is 96.3 Å². The van der Waals surface area contributed by atoms with Crippen LogP contribution in [0.5, 0.6) is 0 Å². The number of phosphoric acid groups is 4. The molecular formula is C87H96O52P4. The van der Waals surface area contributed by atoms with Gasteiger partial charge >= 0.3 is 139 Å². The Balaban J connectivity index is 1.18. The molecule has 6 rings (SSSR count). The maximum absolute atomic E-state index is 14.7. The summed E-state index contributed by atoms with van der Waals surface area (Å²) in [5.41, 5.74) is -9.06. The third-order valence-electron chi connectivity index (χ3n) is 18.5. The SMILES string of the molecule is O=C(O)c1cc(C(=O)O)cc(C(=O)OCCCCOP(=O)(OCCCCOC(=O)c2cc(C(=O)O)cc(C(=O)O)c2)OCCCOP(=O)(OCCCOP(=O)(OCCCCOC(=O)c2cc(C(=O)O)cc(C(=O)O)c2)OCCCCOC(=O)c2cc(C(=O)O)cc(C(=O)O)c2)OCCCOP(=O)(OCCCCOC(=O)c2cc(C(=O)O)cc(C(=O)O)c2)OCCCCOC(=O)c2cc(C(=O)O)cc(C(=O)O)c2)c1. The van der Waals surface area contributed by atoms with Crippen LogP contribution in [-0.4, -0.2) is 288 Å². The predicted octanol–water partition coefficient (Wildman–Crippen LogP) is 13.0. The van der Waals surface area contributed by atoms with E-state index in [1.54, 1.807) is 0 Å². The van der Waals surface area contributed by atoms with Crippen molar-refractivity contribution < 1.29 is 249 Å². The molecule has 0 radical (unpaired) electrons. The van der Waals surface area contributed by atoms with Crippen LogP contribution in [0.4, 0.5) is 0 Å². The van der Waals surface area contributed by atoms with Gasteiger partial charge in [-0.2, -0.15) is 0 Å². The summed E-state index contributed by atoms with van der Waals surface area (Å²) in [5, 5.41) is 114. The highest BCUT2D eigenvalue weighted by Gasteiger charge is 2.34. The van der Waals surface area contributed by atoms with Crippen LogP contribution in [0.3, 0.4) is 0 Å². The molecule has 0 atom stereocenters. The summed E-state index contributed by atoms with van der Waals surface area (Å²) in [6.45, 7) is -9.30. The largest absolute Gasteiger partial charge is 0.478 e. The average Bonchev–Trinajstić information content (AvgIpc) is 0.848. The monoisotopic (exact) mass is 2100 g/mol. The van der Waals surface area contributed by atoms with Crippen molar-refractivity contribution in [3.8, 4) is 0 Å². The van der Waals surface area contributed by atoms with Crippen molar-refractivity contribution in [1.82, 2.24) is 0 Å². The van der Waals surface area contributed by atoms with Crippen LogP contribution in [0.1, 0.15) is 283 Å². The molecule has 0 bridgehead atoms. The highest BCUT2D eigenvalue weighted by molar-refractivity contribution is 7.49. The highest BCUT2D eigenvalue weighted by Crippen LogP contribution is 2.54. The molecule has 0 fully saturated rings. The smallest absolute Gasteiger partial charge is 0.474 e. The molecule has 0 aliphatic rings. The number of phosphoric ester groups is 4. The minimum absolute atomic E-state index is 0.0546. The molecule has 0 aliphatic carbocycles. The highest BCUT2D eigenvalue weighted by atomic mass is 31.2. The maximum atomic E-state index is 14.7. The van der Waals surface area contributed by atoms with Gasteiger partial charge in [0.1, 0.15) is 0 Å². The molecule has 0 saturated heterocycles. The Morgan fingerprint density at radius 3 is 0.322 bits per heavy atom. The molecule has 52 nitrogen and oxygen atoms in total. The maximum Gasteiger partial charge on any atom is 0.474 e. The third-order valence-corrected chi connectivity index (χ3v) is 24.5. The molecule has 0 spiro atoms. The first kappa shape index (κ1) is 118. The molecular weight excluding hydrogens is 2000 g/mol. The van der Waals surface area contributed by atoms with Gasteiger partial charge in [-0.3, -0.25) is 54.3 Å². The van der Waals surface area contributed by atoms with E-state index in [9.17, 15) is 166 Å². The van der Waals surface area contributed by atoms with Gasteiger partial charge in [0.2, 0.25) is 0 Å². The van der Waals surface area contributed by atoms with Gasteiger partial charge in [-0.05, 0) is 206 Å². The third kappa shape index (κ3) is 42.1. The van der Waals surface area contributed by atoms with Crippen LogP contribution in [0, 0.1) is 0 Å². The minimum Gasteiger partial charge on any atom is -0.478 e. The number of benzene rings is 6. The average molecular weight is 2100 g/mol. The number of carboxylic acids is 12. The number of carbonyl (C=O) groups excluding carboxylic acids is 6. The molecule has 776 valence electrons. The summed E-state index contributed by atoms with van der Waals surface area (Å²) >= 11 is 0. The van der Waals surface area contributed by atoms with Crippen LogP contribution < -0.4 is 0 Å². The molecule has 56 heteroatoms. The van der Waals surface area contributed by atoms with E-state index in [1.165, 1.54) is 0 Å². The van der Waals surface area contributed by atoms with E-state index in [2.05, 4.69) is 0 Å². The van der Waals surface area contributed by atoms with Gasteiger partial charge in [0.25, 0.3) is 0 Å². The van der Waals surface area contributed by atoms with Crippen molar-refractivity contribution in [3.05, 3.63) is 209 Å². The lowest BCUT2D eigenvalue weighted by molar-refractivity contribution is 0.0472. The summed E-state index contributed by atoms with van der Waals surface area (Å²) in [5.74, 6) is -25.4. The molecule has 6 aromatic carbocycles. The number of unbranched alkanes of at least 4 members (excludes halogenated alkanes) is 6. The van der Waals surface area contributed by atoms with E-state index >= 15 is 0 Å². The normalized spacial score (nSPS) is 11.5. The van der Waals surface area contributed by atoms with Gasteiger partial charge in [-0.25, -0.2) is 105 Å². The van der Waals surface area contributed by atoms with E-state index < -0.39 is 377 Å². The van der Waals surface area contributed by atoms with Crippen LogP contribution >= 0.6 is 31.3 Å². The Kier molecular flexibility index (Phi) is 48.8. The summed E-state index contributed by atoms with van der Waals surface area (Å²) in [7, 11) is -19.2. The van der Waals surface area contributed by atoms with Crippen molar-refractivity contribution in [1.29, 1.82) is 0 Å². The number of rotatable bonds is 72. The number of esters is 6. The van der Waals surface area contributed by atoms with Crippen molar-refractivity contribution in [2.24, 2.45) is 0 Å². The number of aromatic carboxylic acids is 12. The second-order valence-electron chi connectivity index (χ2n) is 29.4. The molecule has 143 heavy (non-hydrogen) atoms. The zero-order valence-electron chi connectivity index (χ0n) is 75.2. The first-order valence-electron chi connectivity index (χ1n) is 42.6. The fourth-order valence-electron chi connectivity index (χ4n) is 11.4. The number of carbonyl (C=O) groups is 18. The van der Waals surface area contributed by atoms with E-state index in [1.807, 2.05) is 0 Å². The van der Waals surface area contributed by atoms with E-state index in [4.69, 9.17) is 82.7 Å². The molecule has 0 saturated carbocycles. The Morgan fingerprint density at radius 1 is 0.140 bits per heavy atom. The summed E-state index contributed by atoms with van der Waals surface area (Å²) in [6.07, 6.45) is -2.01. The van der Waals surface area contributed by atoms with Gasteiger partial charge < -0.3 is 89.7 Å². The zero-order valence-corrected chi connectivity index (χ0v) is 78.8. The Bertz CT molecular complexity index is 4770. The van der Waals surface area contributed by atoms with E-state index in [-0.39, 0.29) is 77.0 Å². The van der Waals surface area contributed by atoms with Gasteiger partial charge in [0.05, 0.1) is 219 Å². The zero-order chi connectivity index (χ0) is 106. The lowest BCUT2D eigenvalue weighted by Gasteiger charge is -2.21. The molecule has 0 heterocycles. The Labute approximate surface area is 808 Å². The quantitative estimate of drug-likeness (QED) is 0.00730. The fraction of sp³-hybridized carbons (Fsp3) is 0.379. The number of carboxylic acid groups (broad SMARTS) is 12. The number of ether oxygens (including phenoxy) is 6. The summed E-state index contributed by atoms with van der Waals surface area (Å²) in [4.78, 5) is 218. The topological polar surface area (TPSA) is 784 Å². The van der Waals surface area contributed by atoms with Gasteiger partial charge in [-0.15, -0.1) is 0 Å². The Hall–Kier alpha value is -13.8. The standard InChI is InChI=1S/C87H96O52P4/c88-70(89)52-34-53(71(90)91)41-64(40-52)82(112)122-16-1-7-22-128-140(118,129-23-8-2-17-123-83(113)65-42-54(72(92)93)35-55(43-65)73(94)95)134-28-13-31-137-143(121,138-32-14-29-135-141(119,130-24-9-3-18-124-84(114)66-44-56(74(96)97)36-57(45-66)75(98)99)131-25-10-4-19-125-85(115)67-46-58(76(100)101)37-59(47-67)77(102)103)139-33-15-30-136-142(120,132-26-11-5-20-126-86(116)68-48-60(78(104)105)38-61(49-68)79(106)107)133-27-12-6-21-127-87(117)69-50-62(80(108)109)39-63(51-69)81(110)111/h34-51H,1-33H2,(H,88,89)(H,90,91)(H,92,93)(H,94,95)(H,96,97)(H,98,99)(H,100,101)(H,102,103)(H,104,105)(H,106,107)(H,108,109)(H,110,111). The molecule has 0 unspecified atom stereocenters. The van der Waals surface area contributed by atoms with E-state index in [0.29, 0.717) is 0 Å². The fourth-order valence-corrected chi connectivity index (χ4v) is 16.5. The first-order chi connectivity index (χ1) is 67.7. The van der Waals surface area contributed by atoms with Crippen molar-refractivity contribution >= 4 is 139 Å². The molecule has 0 amide bonds. The summed E-state index contributed by atoms with van der Waals surface area (Å²) in [6, 6.07) is 15.4. The number of hydrogen-bond donors (Lipinski definition) is 12. The lowest BCUT2D eigenvalue weighted by Crippen LogP contribution is -2.12. The second kappa shape index (κ2) is 59.2. The van der Waals surface area contributed by atoms with Crippen LogP contribution in [0.25, 0.3) is 0 Å². The van der Waals surface area contributed by atoms with Gasteiger partial charge in [0.15, 0.2) is 0 Å². The molecule has 0 aliphatic heterocycles. The van der Waals surface area contributed by atoms with Gasteiger partial charge in [-0.1, -0.05) is 0 Å². The van der Waals surface area contributed by atoms with Crippen LogP contribution in [-0.2, 0) is 101 Å². The first-order valence-corrected chi connectivity index (χ1v) is 48.4. The molecule has 0 aromatic heterocycles. The second-order valence-corrected chi connectivity index (χ2v) is 36.0. The van der Waals surface area contributed by atoms with Crippen molar-refractivity contribution in [2.75, 3.05) is 119 Å². The lowest BCUT2D eigenvalue weighted by atomic mass is 10.1. The summed E-state index contributed by atoms with van der Waals surface area (Å²) < 4.78 is 156. The Morgan fingerprint density at radius 2 is 0.224 bits per heavy atom. The van der Waals surface area contributed by atoms with Gasteiger partial charge in [0, 0.05) is 0 Å². The number of hydrogen-bond acceptors (Lipinski definition) is 40. The van der Waals surface area contributed by atoms with Crippen LogP contribution in [0.2, 0.25) is 0 Å². The van der Waals surface area contributed by atoms with Crippen LogP contribution in [0.15, 0.2) is 109 Å². The minimum atomic E-state index is -4.97. The van der Waals surface area contributed by atoms with E-state index in [0.717, 1.165) is 109 Å².